The molecule has 24 heavy (non-hydrogen) atoms. The molecule has 12 nitrogen and oxygen atoms in total. The minimum Gasteiger partial charge on any atom is -0.481 e. The van der Waals surface area contributed by atoms with Crippen LogP contribution in [-0.4, -0.2) is 76.3 Å². The molecule has 3 amide bonds. The van der Waals surface area contributed by atoms with Gasteiger partial charge in [-0.3, -0.25) is 19.2 Å². The van der Waals surface area contributed by atoms with Crippen LogP contribution in [-0.2, 0) is 24.0 Å². The van der Waals surface area contributed by atoms with Crippen LogP contribution < -0.4 is 21.7 Å². The lowest BCUT2D eigenvalue weighted by atomic mass is 10.1. The van der Waals surface area contributed by atoms with Gasteiger partial charge in [0.1, 0.15) is 12.1 Å². The van der Waals surface area contributed by atoms with Crippen LogP contribution in [0.2, 0.25) is 0 Å². The molecule has 0 saturated carbocycles. The molecule has 0 aromatic heterocycles. The van der Waals surface area contributed by atoms with Gasteiger partial charge >= 0.3 is 11.9 Å². The number of carboxylic acids is 2. The van der Waals surface area contributed by atoms with Crippen LogP contribution in [0.1, 0.15) is 13.3 Å². The summed E-state index contributed by atoms with van der Waals surface area (Å²) in [6.07, 6.45) is -2.29. The molecule has 3 unspecified atom stereocenters. The van der Waals surface area contributed by atoms with Crippen LogP contribution in [0.5, 0.6) is 0 Å². The first-order valence-electron chi connectivity index (χ1n) is 6.77. The number of carboxylic acid groups (broad SMARTS) is 2. The Labute approximate surface area is 136 Å². The quantitative estimate of drug-likeness (QED) is 0.205. The smallest absolute Gasteiger partial charge is 0.326 e. The lowest BCUT2D eigenvalue weighted by molar-refractivity contribution is -0.147. The van der Waals surface area contributed by atoms with E-state index in [1.54, 1.807) is 0 Å². The zero-order chi connectivity index (χ0) is 18.9. The number of nitrogens with two attached hydrogens (primary N) is 1. The number of hydrogen-bond donors (Lipinski definition) is 7. The number of carbonyl (C=O) groups excluding carboxylic acids is 3. The Balaban J connectivity index is 4.82. The third-order valence-corrected chi connectivity index (χ3v) is 2.71. The average molecular weight is 348 g/mol. The maximum absolute atomic E-state index is 12.0. The number of aliphatic carboxylic acids is 2. The van der Waals surface area contributed by atoms with Gasteiger partial charge in [0.25, 0.3) is 0 Å². The van der Waals surface area contributed by atoms with Crippen molar-refractivity contribution in [3.8, 4) is 0 Å². The highest BCUT2D eigenvalue weighted by Gasteiger charge is 2.30. The Bertz CT molecular complexity index is 507. The van der Waals surface area contributed by atoms with Gasteiger partial charge in [-0.1, -0.05) is 0 Å². The molecule has 0 saturated heterocycles. The molecule has 0 aliphatic carbocycles. The van der Waals surface area contributed by atoms with Crippen LogP contribution in [0.15, 0.2) is 0 Å². The van der Waals surface area contributed by atoms with E-state index in [1.807, 2.05) is 5.32 Å². The third kappa shape index (κ3) is 8.05. The van der Waals surface area contributed by atoms with Crippen LogP contribution in [0.4, 0.5) is 0 Å². The minimum atomic E-state index is -1.73. The van der Waals surface area contributed by atoms with Gasteiger partial charge in [-0.2, -0.15) is 0 Å². The summed E-state index contributed by atoms with van der Waals surface area (Å²) in [4.78, 5) is 56.0. The summed E-state index contributed by atoms with van der Waals surface area (Å²) in [6, 6.07) is -3.27. The molecule has 136 valence electrons. The molecule has 0 aliphatic heterocycles. The van der Waals surface area contributed by atoms with Gasteiger partial charge in [-0.05, 0) is 6.92 Å². The highest BCUT2D eigenvalue weighted by Crippen LogP contribution is 1.98. The second-order valence-electron chi connectivity index (χ2n) is 4.76. The molecular weight excluding hydrogens is 328 g/mol. The van der Waals surface area contributed by atoms with Gasteiger partial charge in [0, 0.05) is 0 Å². The second kappa shape index (κ2) is 10.1. The lowest BCUT2D eigenvalue weighted by Gasteiger charge is -2.22. The zero-order valence-electron chi connectivity index (χ0n) is 12.8. The summed E-state index contributed by atoms with van der Waals surface area (Å²) in [5.41, 5.74) is 5.03. The number of nitrogens with one attached hydrogen (secondary N) is 3. The number of aliphatic hydroxyl groups excluding tert-OH is 1. The summed E-state index contributed by atoms with van der Waals surface area (Å²) in [7, 11) is 0. The summed E-state index contributed by atoms with van der Waals surface area (Å²) in [5, 5.41) is 33.1. The van der Waals surface area contributed by atoms with Crippen molar-refractivity contribution in [2.45, 2.75) is 31.5 Å². The van der Waals surface area contributed by atoms with E-state index < -0.39 is 60.8 Å². The highest BCUT2D eigenvalue weighted by atomic mass is 16.4. The van der Waals surface area contributed by atoms with Crippen molar-refractivity contribution < 1.29 is 39.3 Å². The molecule has 0 heterocycles. The Morgan fingerprint density at radius 1 is 1.04 bits per heavy atom. The number of carbonyl (C=O) groups is 5. The number of aliphatic hydroxyl groups is 1. The highest BCUT2D eigenvalue weighted by molar-refractivity contribution is 5.93. The van der Waals surface area contributed by atoms with Crippen LogP contribution in [0, 0.1) is 0 Å². The molecule has 0 aromatic carbocycles. The largest absolute Gasteiger partial charge is 0.481 e. The van der Waals surface area contributed by atoms with Crippen molar-refractivity contribution in [1.29, 1.82) is 0 Å². The first kappa shape index (κ1) is 21.3. The summed E-state index contributed by atoms with van der Waals surface area (Å²) in [5.74, 6) is -5.57. The normalized spacial score (nSPS) is 14.0. The molecule has 3 atom stereocenters. The molecule has 0 spiro atoms. The van der Waals surface area contributed by atoms with Crippen molar-refractivity contribution in [3.05, 3.63) is 0 Å². The van der Waals surface area contributed by atoms with Crippen molar-refractivity contribution in [3.63, 3.8) is 0 Å². The number of rotatable bonds is 10. The Morgan fingerprint density at radius 3 is 2.04 bits per heavy atom. The summed E-state index contributed by atoms with van der Waals surface area (Å²) < 4.78 is 0. The van der Waals surface area contributed by atoms with Gasteiger partial charge in [0.2, 0.25) is 17.7 Å². The van der Waals surface area contributed by atoms with Gasteiger partial charge in [0.15, 0.2) is 0 Å². The second-order valence-corrected chi connectivity index (χ2v) is 4.76. The number of amides is 3. The Hall–Kier alpha value is -2.73. The molecule has 0 aromatic rings. The van der Waals surface area contributed by atoms with Crippen LogP contribution >= 0.6 is 0 Å². The van der Waals surface area contributed by atoms with Crippen molar-refractivity contribution in [2.75, 3.05) is 13.1 Å². The van der Waals surface area contributed by atoms with E-state index in [2.05, 4.69) is 10.6 Å². The SMILES string of the molecule is CC(O)C(NC(=O)CNC(=O)CN)C(=O)NC(CC(=O)O)C(=O)O. The maximum Gasteiger partial charge on any atom is 0.326 e. The fourth-order valence-electron chi connectivity index (χ4n) is 1.52. The van der Waals surface area contributed by atoms with E-state index in [0.29, 0.717) is 0 Å². The Kier molecular flexibility index (Phi) is 8.97. The Morgan fingerprint density at radius 2 is 1.62 bits per heavy atom. The first-order chi connectivity index (χ1) is 11.1. The van der Waals surface area contributed by atoms with E-state index >= 15 is 0 Å². The lowest BCUT2D eigenvalue weighted by Crippen LogP contribution is -2.57. The predicted molar refractivity (Wildman–Crippen MR) is 77.5 cm³/mol. The molecule has 8 N–H and O–H groups in total. The monoisotopic (exact) mass is 348 g/mol. The van der Waals surface area contributed by atoms with E-state index in [1.165, 1.54) is 0 Å². The predicted octanol–water partition coefficient (Wildman–Crippen LogP) is -4.03. The van der Waals surface area contributed by atoms with Crippen LogP contribution in [0.25, 0.3) is 0 Å². The van der Waals surface area contributed by atoms with E-state index in [0.717, 1.165) is 6.92 Å². The summed E-state index contributed by atoms with van der Waals surface area (Å²) in [6.45, 7) is 0.309. The van der Waals surface area contributed by atoms with E-state index in [-0.39, 0.29) is 6.54 Å². The van der Waals surface area contributed by atoms with Crippen molar-refractivity contribution in [2.24, 2.45) is 5.73 Å². The van der Waals surface area contributed by atoms with Crippen molar-refractivity contribution >= 4 is 29.7 Å². The average Bonchev–Trinajstić information content (AvgIpc) is 2.48. The van der Waals surface area contributed by atoms with Crippen molar-refractivity contribution in [1.82, 2.24) is 16.0 Å². The summed E-state index contributed by atoms with van der Waals surface area (Å²) >= 11 is 0. The fourth-order valence-corrected chi connectivity index (χ4v) is 1.52. The van der Waals surface area contributed by atoms with Crippen LogP contribution in [0.3, 0.4) is 0 Å². The van der Waals surface area contributed by atoms with E-state index in [9.17, 15) is 29.1 Å². The topological polar surface area (TPSA) is 208 Å². The molecule has 12 heteroatoms. The minimum absolute atomic E-state index is 0.344. The molecule has 0 radical (unpaired) electrons. The standard InChI is InChI=1S/C12H20N4O8/c1-5(17)10(16-8(19)4-14-7(18)3-13)11(22)15-6(12(23)24)2-9(20)21/h5-6,10,17H,2-4,13H2,1H3,(H,14,18)(H,15,22)(H,16,19)(H,20,21)(H,23,24). The fraction of sp³-hybridized carbons (Fsp3) is 0.583. The molecule has 0 bridgehead atoms. The number of hydrogen-bond acceptors (Lipinski definition) is 7. The van der Waals surface area contributed by atoms with Gasteiger partial charge in [-0.25, -0.2) is 4.79 Å². The van der Waals surface area contributed by atoms with Gasteiger partial charge < -0.3 is 37.0 Å². The third-order valence-electron chi connectivity index (χ3n) is 2.71. The molecule has 0 rings (SSSR count). The maximum atomic E-state index is 12.0. The van der Waals surface area contributed by atoms with E-state index in [4.69, 9.17) is 15.9 Å². The first-order valence-corrected chi connectivity index (χ1v) is 6.77. The van der Waals surface area contributed by atoms with Gasteiger partial charge in [-0.15, -0.1) is 0 Å². The molecule has 0 fully saturated rings. The van der Waals surface area contributed by atoms with Gasteiger partial charge in [0.05, 0.1) is 25.6 Å². The zero-order valence-corrected chi connectivity index (χ0v) is 12.8. The molecular formula is C12H20N4O8. The molecule has 0 aliphatic rings.